The molecule has 0 fully saturated rings. The van der Waals surface area contributed by atoms with Crippen molar-refractivity contribution < 1.29 is 24.2 Å². The lowest BCUT2D eigenvalue weighted by atomic mass is 10.2. The summed E-state index contributed by atoms with van der Waals surface area (Å²) in [6, 6.07) is 10.0. The molecule has 2 rings (SSSR count). The Labute approximate surface area is 179 Å². The van der Waals surface area contributed by atoms with Crippen LogP contribution in [0.3, 0.4) is 0 Å². The van der Waals surface area contributed by atoms with E-state index in [9.17, 15) is 14.7 Å². The van der Waals surface area contributed by atoms with Crippen molar-refractivity contribution in [3.63, 3.8) is 0 Å². The number of hydrogen-bond acceptors (Lipinski definition) is 6. The van der Waals surface area contributed by atoms with Crippen LogP contribution >= 0.6 is 11.6 Å². The first-order chi connectivity index (χ1) is 14.4. The van der Waals surface area contributed by atoms with Crippen LogP contribution in [-0.4, -0.2) is 36.3 Å². The maximum Gasteiger partial charge on any atom is 0.240 e. The van der Waals surface area contributed by atoms with Gasteiger partial charge in [-0.2, -0.15) is 5.10 Å². The predicted octanol–water partition coefficient (Wildman–Crippen LogP) is 3.71. The number of carbonyl (C=O) groups is 2. The standard InChI is InChI=1S/C21H24ClN3O5/c1-3-29-16-7-5-15(6-8-16)24-19(26)9-10-20(27)25-23-13-14-11-17(22)21(28)18(12-14)30-4-2/h5-8,11-13,28H,3-4,9-10H2,1-2H3,(H,24,26)(H,25,27). The number of hydrogen-bond donors (Lipinski definition) is 3. The normalized spacial score (nSPS) is 10.6. The predicted molar refractivity (Wildman–Crippen MR) is 115 cm³/mol. The molecule has 30 heavy (non-hydrogen) atoms. The Bertz CT molecular complexity index is 900. The maximum absolute atomic E-state index is 12.0. The highest BCUT2D eigenvalue weighted by Gasteiger charge is 2.09. The summed E-state index contributed by atoms with van der Waals surface area (Å²) in [4.78, 5) is 23.9. The van der Waals surface area contributed by atoms with E-state index in [2.05, 4.69) is 15.8 Å². The minimum Gasteiger partial charge on any atom is -0.503 e. The number of benzene rings is 2. The van der Waals surface area contributed by atoms with E-state index in [1.807, 2.05) is 6.92 Å². The van der Waals surface area contributed by atoms with Gasteiger partial charge in [0.15, 0.2) is 11.5 Å². The molecule has 2 aromatic rings. The third kappa shape index (κ3) is 7.29. The van der Waals surface area contributed by atoms with Crippen molar-refractivity contribution in [1.29, 1.82) is 0 Å². The fourth-order valence-corrected chi connectivity index (χ4v) is 2.64. The van der Waals surface area contributed by atoms with Crippen LogP contribution < -0.4 is 20.2 Å². The van der Waals surface area contributed by atoms with Gasteiger partial charge < -0.3 is 19.9 Å². The van der Waals surface area contributed by atoms with Crippen molar-refractivity contribution in [2.24, 2.45) is 5.10 Å². The molecule has 0 saturated carbocycles. The van der Waals surface area contributed by atoms with Crippen LogP contribution in [0.4, 0.5) is 5.69 Å². The van der Waals surface area contributed by atoms with E-state index in [-0.39, 0.29) is 35.3 Å². The summed E-state index contributed by atoms with van der Waals surface area (Å²) in [5.74, 6) is 0.0889. The first kappa shape index (κ1) is 23.0. The van der Waals surface area contributed by atoms with E-state index < -0.39 is 5.91 Å². The van der Waals surface area contributed by atoms with Crippen molar-refractivity contribution >= 4 is 35.3 Å². The number of carbonyl (C=O) groups excluding carboxylic acids is 2. The molecular weight excluding hydrogens is 410 g/mol. The van der Waals surface area contributed by atoms with Gasteiger partial charge in [-0.05, 0) is 55.8 Å². The van der Waals surface area contributed by atoms with Crippen LogP contribution in [0, 0.1) is 0 Å². The minimum atomic E-state index is -0.414. The van der Waals surface area contributed by atoms with Gasteiger partial charge in [0.05, 0.1) is 24.5 Å². The lowest BCUT2D eigenvalue weighted by Gasteiger charge is -2.08. The number of ether oxygens (including phenoxy) is 2. The molecule has 0 aliphatic rings. The SMILES string of the molecule is CCOc1ccc(NC(=O)CCC(=O)NN=Cc2cc(Cl)c(O)c(OCC)c2)cc1. The molecule has 0 aliphatic carbocycles. The van der Waals surface area contributed by atoms with E-state index in [4.69, 9.17) is 21.1 Å². The zero-order valence-electron chi connectivity index (χ0n) is 16.8. The van der Waals surface area contributed by atoms with Gasteiger partial charge in [0.25, 0.3) is 0 Å². The van der Waals surface area contributed by atoms with Crippen molar-refractivity contribution in [1.82, 2.24) is 5.43 Å². The molecule has 0 atom stereocenters. The number of anilines is 1. The topological polar surface area (TPSA) is 109 Å². The molecule has 160 valence electrons. The summed E-state index contributed by atoms with van der Waals surface area (Å²) in [6.07, 6.45) is 1.35. The molecule has 9 heteroatoms. The first-order valence-electron chi connectivity index (χ1n) is 9.42. The van der Waals surface area contributed by atoms with Crippen molar-refractivity contribution in [2.45, 2.75) is 26.7 Å². The van der Waals surface area contributed by atoms with Crippen LogP contribution in [0.25, 0.3) is 0 Å². The fourth-order valence-electron chi connectivity index (χ4n) is 2.42. The van der Waals surface area contributed by atoms with Crippen LogP contribution in [0.2, 0.25) is 5.02 Å². The van der Waals surface area contributed by atoms with Gasteiger partial charge in [0.2, 0.25) is 11.8 Å². The van der Waals surface area contributed by atoms with Gasteiger partial charge in [-0.1, -0.05) is 11.6 Å². The molecule has 0 bridgehead atoms. The van der Waals surface area contributed by atoms with Crippen LogP contribution in [0.5, 0.6) is 17.2 Å². The van der Waals surface area contributed by atoms with E-state index in [0.717, 1.165) is 5.75 Å². The quantitative estimate of drug-likeness (QED) is 0.391. The number of amides is 2. The second-order valence-corrected chi connectivity index (χ2v) is 6.49. The molecule has 0 saturated heterocycles. The molecule has 0 spiro atoms. The molecule has 2 amide bonds. The molecule has 0 aliphatic heterocycles. The number of nitrogens with zero attached hydrogens (tertiary/aromatic N) is 1. The minimum absolute atomic E-state index is 0.00803. The van der Waals surface area contributed by atoms with Gasteiger partial charge >= 0.3 is 0 Å². The molecule has 0 heterocycles. The van der Waals surface area contributed by atoms with E-state index in [1.165, 1.54) is 12.3 Å². The monoisotopic (exact) mass is 433 g/mol. The number of phenols is 1. The first-order valence-corrected chi connectivity index (χ1v) is 9.80. The number of aromatic hydroxyl groups is 1. The summed E-state index contributed by atoms with van der Waals surface area (Å²) in [6.45, 7) is 4.60. The van der Waals surface area contributed by atoms with E-state index in [1.54, 1.807) is 37.3 Å². The van der Waals surface area contributed by atoms with Gasteiger partial charge in [0.1, 0.15) is 5.75 Å². The highest BCUT2D eigenvalue weighted by atomic mass is 35.5. The van der Waals surface area contributed by atoms with Crippen molar-refractivity contribution in [2.75, 3.05) is 18.5 Å². The molecule has 0 unspecified atom stereocenters. The third-order valence-corrected chi connectivity index (χ3v) is 4.07. The Morgan fingerprint density at radius 3 is 2.40 bits per heavy atom. The summed E-state index contributed by atoms with van der Waals surface area (Å²) < 4.78 is 10.6. The number of halogens is 1. The number of hydrazone groups is 1. The Morgan fingerprint density at radius 1 is 1.07 bits per heavy atom. The largest absolute Gasteiger partial charge is 0.503 e. The zero-order valence-corrected chi connectivity index (χ0v) is 17.5. The van der Waals surface area contributed by atoms with Crippen molar-refractivity contribution in [3.8, 4) is 17.2 Å². The third-order valence-electron chi connectivity index (χ3n) is 3.78. The van der Waals surface area contributed by atoms with Gasteiger partial charge in [0, 0.05) is 18.5 Å². The van der Waals surface area contributed by atoms with Crippen LogP contribution in [0.1, 0.15) is 32.3 Å². The highest BCUT2D eigenvalue weighted by Crippen LogP contribution is 2.34. The second kappa shape index (κ2) is 11.7. The fraction of sp³-hybridized carbons (Fsp3) is 0.286. The Hall–Kier alpha value is -3.26. The summed E-state index contributed by atoms with van der Waals surface area (Å²) in [5, 5.41) is 16.5. The Kier molecular flexibility index (Phi) is 8.96. The molecule has 0 radical (unpaired) electrons. The molecular formula is C21H24ClN3O5. The van der Waals surface area contributed by atoms with Gasteiger partial charge in [-0.25, -0.2) is 5.43 Å². The molecule has 0 aromatic heterocycles. The van der Waals surface area contributed by atoms with Crippen molar-refractivity contribution in [3.05, 3.63) is 47.0 Å². The summed E-state index contributed by atoms with van der Waals surface area (Å²) in [7, 11) is 0. The number of phenolic OH excluding ortho intramolecular Hbond substituents is 1. The average molecular weight is 434 g/mol. The second-order valence-electron chi connectivity index (χ2n) is 6.08. The van der Waals surface area contributed by atoms with Gasteiger partial charge in [-0.15, -0.1) is 0 Å². The van der Waals surface area contributed by atoms with E-state index >= 15 is 0 Å². The molecule has 3 N–H and O–H groups in total. The molecule has 2 aromatic carbocycles. The number of rotatable bonds is 10. The highest BCUT2D eigenvalue weighted by molar-refractivity contribution is 6.32. The molecule has 8 nitrogen and oxygen atoms in total. The maximum atomic E-state index is 12.0. The smallest absolute Gasteiger partial charge is 0.240 e. The zero-order chi connectivity index (χ0) is 21.9. The lowest BCUT2D eigenvalue weighted by Crippen LogP contribution is -2.20. The summed E-state index contributed by atoms with van der Waals surface area (Å²) in [5.41, 5.74) is 3.50. The number of nitrogens with one attached hydrogen (secondary N) is 2. The van der Waals surface area contributed by atoms with Gasteiger partial charge in [-0.3, -0.25) is 9.59 Å². The average Bonchev–Trinajstić information content (AvgIpc) is 2.72. The van der Waals surface area contributed by atoms with E-state index in [0.29, 0.717) is 24.5 Å². The van der Waals surface area contributed by atoms with Crippen LogP contribution in [-0.2, 0) is 9.59 Å². The Balaban J connectivity index is 1.79. The van der Waals surface area contributed by atoms with Crippen LogP contribution in [0.15, 0.2) is 41.5 Å². The lowest BCUT2D eigenvalue weighted by molar-refractivity contribution is -0.124. The summed E-state index contributed by atoms with van der Waals surface area (Å²) >= 11 is 5.94. The Morgan fingerprint density at radius 2 is 1.73 bits per heavy atom.